The number of amides is 1. The van der Waals surface area contributed by atoms with E-state index in [0.717, 1.165) is 19.4 Å². The summed E-state index contributed by atoms with van der Waals surface area (Å²) in [7, 11) is 0. The molecule has 1 aromatic rings. The molecule has 92 valence electrons. The Balaban J connectivity index is 1.77. The van der Waals surface area contributed by atoms with Gasteiger partial charge in [-0.3, -0.25) is 4.79 Å². The second kappa shape index (κ2) is 5.77. The molecule has 0 aromatic heterocycles. The first-order chi connectivity index (χ1) is 8.25. The van der Waals surface area contributed by atoms with Gasteiger partial charge in [0.2, 0.25) is 5.91 Å². The summed E-state index contributed by atoms with van der Waals surface area (Å²) in [5, 5.41) is 2.71. The molecule has 1 unspecified atom stereocenters. The van der Waals surface area contributed by atoms with Gasteiger partial charge in [-0.2, -0.15) is 0 Å². The van der Waals surface area contributed by atoms with E-state index in [9.17, 15) is 9.18 Å². The Morgan fingerprint density at radius 1 is 1.47 bits per heavy atom. The number of hydrogen-bond acceptors (Lipinski definition) is 2. The van der Waals surface area contributed by atoms with Gasteiger partial charge in [0.05, 0.1) is 12.5 Å². The predicted molar refractivity (Wildman–Crippen MR) is 61.8 cm³/mol. The molecular formula is C13H16FNO2. The molecule has 1 N–H and O–H groups in total. The number of carbonyl (C=O) groups is 1. The summed E-state index contributed by atoms with van der Waals surface area (Å²) >= 11 is 0. The van der Waals surface area contributed by atoms with Crippen molar-refractivity contribution in [1.82, 2.24) is 5.32 Å². The molecule has 1 atom stereocenters. The van der Waals surface area contributed by atoms with Gasteiger partial charge in [-0.15, -0.1) is 0 Å². The molecule has 0 saturated carbocycles. The van der Waals surface area contributed by atoms with Crippen molar-refractivity contribution >= 4 is 5.91 Å². The van der Waals surface area contributed by atoms with Crippen LogP contribution in [0.25, 0.3) is 0 Å². The van der Waals surface area contributed by atoms with Crippen LogP contribution in [-0.4, -0.2) is 18.6 Å². The predicted octanol–water partition coefficient (Wildman–Crippen LogP) is 2.01. The van der Waals surface area contributed by atoms with E-state index in [0.29, 0.717) is 12.0 Å². The zero-order valence-corrected chi connectivity index (χ0v) is 9.62. The molecule has 3 nitrogen and oxygen atoms in total. The van der Waals surface area contributed by atoms with Crippen LogP contribution in [0.1, 0.15) is 24.8 Å². The molecule has 1 amide bonds. The van der Waals surface area contributed by atoms with Crippen LogP contribution in [0.5, 0.6) is 0 Å². The molecule has 4 heteroatoms. The molecule has 17 heavy (non-hydrogen) atoms. The zero-order valence-electron chi connectivity index (χ0n) is 9.62. The van der Waals surface area contributed by atoms with E-state index in [4.69, 9.17) is 4.74 Å². The highest BCUT2D eigenvalue weighted by Gasteiger charge is 2.18. The molecule has 1 fully saturated rings. The minimum atomic E-state index is -0.287. The summed E-state index contributed by atoms with van der Waals surface area (Å²) in [6.07, 6.45) is 2.36. The standard InChI is InChI=1S/C13H16FNO2/c14-12-6-2-1-4-10(12)9-15-13(16)8-11-5-3-7-17-11/h1-2,4,6,11H,3,5,7-9H2,(H,15,16). The third-order valence-electron chi connectivity index (χ3n) is 2.87. The summed E-state index contributed by atoms with van der Waals surface area (Å²) in [6.45, 7) is 0.976. The molecule has 0 aliphatic carbocycles. The van der Waals surface area contributed by atoms with E-state index in [1.807, 2.05) is 0 Å². The van der Waals surface area contributed by atoms with Crippen molar-refractivity contribution in [2.45, 2.75) is 31.9 Å². The first-order valence-corrected chi connectivity index (χ1v) is 5.87. The van der Waals surface area contributed by atoms with Crippen molar-refractivity contribution in [2.24, 2.45) is 0 Å². The number of benzene rings is 1. The van der Waals surface area contributed by atoms with Crippen LogP contribution in [0.2, 0.25) is 0 Å². The quantitative estimate of drug-likeness (QED) is 0.870. The third-order valence-corrected chi connectivity index (χ3v) is 2.87. The maximum Gasteiger partial charge on any atom is 0.222 e. The Kier molecular flexibility index (Phi) is 4.09. The summed E-state index contributed by atoms with van der Waals surface area (Å²) in [4.78, 5) is 11.6. The highest BCUT2D eigenvalue weighted by molar-refractivity contribution is 5.76. The van der Waals surface area contributed by atoms with E-state index in [-0.39, 0.29) is 24.4 Å². The first-order valence-electron chi connectivity index (χ1n) is 5.87. The summed E-state index contributed by atoms with van der Waals surface area (Å²) < 4.78 is 18.6. The second-order valence-electron chi connectivity index (χ2n) is 4.21. The van der Waals surface area contributed by atoms with Gasteiger partial charge in [0.1, 0.15) is 5.82 Å². The Morgan fingerprint density at radius 2 is 2.29 bits per heavy atom. The topological polar surface area (TPSA) is 38.3 Å². The smallest absolute Gasteiger partial charge is 0.222 e. The molecule has 1 aliphatic rings. The average molecular weight is 237 g/mol. The molecule has 2 rings (SSSR count). The molecular weight excluding hydrogens is 221 g/mol. The fourth-order valence-electron chi connectivity index (χ4n) is 1.92. The first kappa shape index (κ1) is 12.0. The summed E-state index contributed by atoms with van der Waals surface area (Å²) in [5.41, 5.74) is 0.508. The van der Waals surface area contributed by atoms with Gasteiger partial charge < -0.3 is 10.1 Å². The van der Waals surface area contributed by atoms with Gasteiger partial charge in [0.25, 0.3) is 0 Å². The van der Waals surface area contributed by atoms with Crippen molar-refractivity contribution in [3.05, 3.63) is 35.6 Å². The lowest BCUT2D eigenvalue weighted by Crippen LogP contribution is -2.27. The van der Waals surface area contributed by atoms with Crippen LogP contribution in [0.15, 0.2) is 24.3 Å². The third kappa shape index (κ3) is 3.53. The highest BCUT2D eigenvalue weighted by Crippen LogP contribution is 2.15. The van der Waals surface area contributed by atoms with Crippen molar-refractivity contribution in [3.63, 3.8) is 0 Å². The lowest BCUT2D eigenvalue weighted by molar-refractivity contribution is -0.123. The number of carbonyl (C=O) groups excluding carboxylic acids is 1. The van der Waals surface area contributed by atoms with Crippen LogP contribution in [0.3, 0.4) is 0 Å². The van der Waals surface area contributed by atoms with E-state index >= 15 is 0 Å². The van der Waals surface area contributed by atoms with Crippen molar-refractivity contribution in [2.75, 3.05) is 6.61 Å². The van der Waals surface area contributed by atoms with Crippen molar-refractivity contribution in [3.8, 4) is 0 Å². The largest absolute Gasteiger partial charge is 0.378 e. The molecule has 0 bridgehead atoms. The maximum absolute atomic E-state index is 13.3. The Hall–Kier alpha value is -1.42. The van der Waals surface area contributed by atoms with E-state index < -0.39 is 0 Å². The average Bonchev–Trinajstić information content (AvgIpc) is 2.81. The summed E-state index contributed by atoms with van der Waals surface area (Å²) in [5.74, 6) is -0.370. The molecule has 0 radical (unpaired) electrons. The Labute approximate surface area is 100.0 Å². The minimum absolute atomic E-state index is 0.0376. The van der Waals surface area contributed by atoms with Crippen LogP contribution in [-0.2, 0) is 16.1 Å². The Bertz CT molecular complexity index is 389. The molecule has 1 saturated heterocycles. The molecule has 1 aromatic carbocycles. The Morgan fingerprint density at radius 3 is 3.00 bits per heavy atom. The molecule has 1 aliphatic heterocycles. The lowest BCUT2D eigenvalue weighted by Gasteiger charge is -2.10. The number of ether oxygens (including phenoxy) is 1. The van der Waals surface area contributed by atoms with Gasteiger partial charge in [0, 0.05) is 18.7 Å². The monoisotopic (exact) mass is 237 g/mol. The van der Waals surface area contributed by atoms with Crippen LogP contribution < -0.4 is 5.32 Å². The van der Waals surface area contributed by atoms with Gasteiger partial charge in [-0.1, -0.05) is 18.2 Å². The van der Waals surface area contributed by atoms with Crippen molar-refractivity contribution < 1.29 is 13.9 Å². The maximum atomic E-state index is 13.3. The van der Waals surface area contributed by atoms with Gasteiger partial charge in [-0.05, 0) is 18.9 Å². The van der Waals surface area contributed by atoms with Gasteiger partial charge in [0.15, 0.2) is 0 Å². The lowest BCUT2D eigenvalue weighted by atomic mass is 10.1. The van der Waals surface area contributed by atoms with Gasteiger partial charge >= 0.3 is 0 Å². The number of nitrogens with one attached hydrogen (secondary N) is 1. The molecule has 0 spiro atoms. The normalized spacial score (nSPS) is 19.2. The fraction of sp³-hybridized carbons (Fsp3) is 0.462. The van der Waals surface area contributed by atoms with Gasteiger partial charge in [-0.25, -0.2) is 4.39 Å². The summed E-state index contributed by atoms with van der Waals surface area (Å²) in [6, 6.07) is 6.45. The van der Waals surface area contributed by atoms with Crippen molar-refractivity contribution in [1.29, 1.82) is 0 Å². The highest BCUT2D eigenvalue weighted by atomic mass is 19.1. The number of hydrogen-bond donors (Lipinski definition) is 1. The number of halogens is 1. The van der Waals surface area contributed by atoms with E-state index in [2.05, 4.69) is 5.32 Å². The van der Waals surface area contributed by atoms with E-state index in [1.165, 1.54) is 6.07 Å². The zero-order chi connectivity index (χ0) is 12.1. The SMILES string of the molecule is O=C(CC1CCCO1)NCc1ccccc1F. The molecule has 1 heterocycles. The van der Waals surface area contributed by atoms with Crippen LogP contribution in [0, 0.1) is 5.82 Å². The second-order valence-corrected chi connectivity index (χ2v) is 4.21. The van der Waals surface area contributed by atoms with Crippen LogP contribution in [0.4, 0.5) is 4.39 Å². The minimum Gasteiger partial charge on any atom is -0.378 e. The van der Waals surface area contributed by atoms with Crippen LogP contribution >= 0.6 is 0 Å². The number of rotatable bonds is 4. The van der Waals surface area contributed by atoms with E-state index in [1.54, 1.807) is 18.2 Å². The fourth-order valence-corrected chi connectivity index (χ4v) is 1.92.